The summed E-state index contributed by atoms with van der Waals surface area (Å²) in [6.45, 7) is 5.95. The summed E-state index contributed by atoms with van der Waals surface area (Å²) in [5.41, 5.74) is 3.44. The zero-order chi connectivity index (χ0) is 24.6. The molecule has 1 saturated carbocycles. The van der Waals surface area contributed by atoms with E-state index in [9.17, 15) is 13.4 Å². The molecular formula is C25H32FN5O2S. The highest BCUT2D eigenvalue weighted by Gasteiger charge is 2.29. The van der Waals surface area contributed by atoms with Crippen molar-refractivity contribution >= 4 is 32.5 Å². The molecule has 34 heavy (non-hydrogen) atoms. The van der Waals surface area contributed by atoms with E-state index < -0.39 is 9.73 Å². The van der Waals surface area contributed by atoms with Crippen LogP contribution in [0.25, 0.3) is 22.2 Å². The predicted octanol–water partition coefficient (Wildman–Crippen LogP) is 5.55. The number of aromatic nitrogens is 3. The highest BCUT2D eigenvalue weighted by atomic mass is 32.2. The van der Waals surface area contributed by atoms with Crippen LogP contribution in [0.1, 0.15) is 51.1 Å². The molecule has 0 saturated heterocycles. The Morgan fingerprint density at radius 1 is 1.29 bits per heavy atom. The van der Waals surface area contributed by atoms with Gasteiger partial charge in [-0.25, -0.2) is 14.4 Å². The fraction of sp³-hybridized carbons (Fsp3) is 0.480. The van der Waals surface area contributed by atoms with Crippen molar-refractivity contribution in [1.82, 2.24) is 14.5 Å². The van der Waals surface area contributed by atoms with Gasteiger partial charge in [-0.15, -0.1) is 0 Å². The van der Waals surface area contributed by atoms with Gasteiger partial charge in [0.1, 0.15) is 11.3 Å². The fourth-order valence-electron chi connectivity index (χ4n) is 4.92. The van der Waals surface area contributed by atoms with Crippen molar-refractivity contribution < 1.29 is 13.4 Å². The third-order valence-corrected chi connectivity index (χ3v) is 7.67. The molecule has 0 aliphatic heterocycles. The first-order valence-electron chi connectivity index (χ1n) is 11.7. The van der Waals surface area contributed by atoms with Crippen LogP contribution in [0.5, 0.6) is 0 Å². The number of imidazole rings is 1. The van der Waals surface area contributed by atoms with Gasteiger partial charge in [-0.2, -0.15) is 0 Å². The van der Waals surface area contributed by atoms with Crippen LogP contribution in [0, 0.1) is 29.4 Å². The molecular weight excluding hydrogens is 453 g/mol. The van der Waals surface area contributed by atoms with Gasteiger partial charge in [0.15, 0.2) is 5.82 Å². The molecule has 0 bridgehead atoms. The Morgan fingerprint density at radius 2 is 2.06 bits per heavy atom. The van der Waals surface area contributed by atoms with E-state index >= 15 is 0 Å². The smallest absolute Gasteiger partial charge is 0.228 e. The van der Waals surface area contributed by atoms with E-state index in [0.29, 0.717) is 29.1 Å². The van der Waals surface area contributed by atoms with Crippen LogP contribution in [0.4, 0.5) is 10.2 Å². The van der Waals surface area contributed by atoms with Crippen LogP contribution in [-0.2, 0) is 14.5 Å². The number of pyridine rings is 1. The average molecular weight is 486 g/mol. The Hall–Kier alpha value is -2.81. The summed E-state index contributed by atoms with van der Waals surface area (Å²) in [6, 6.07) is 5.33. The van der Waals surface area contributed by atoms with E-state index in [2.05, 4.69) is 15.3 Å². The molecule has 7 nitrogen and oxygen atoms in total. The molecule has 182 valence electrons. The van der Waals surface area contributed by atoms with Gasteiger partial charge < -0.3 is 9.88 Å². The molecule has 1 unspecified atom stereocenters. The van der Waals surface area contributed by atoms with Crippen molar-refractivity contribution in [3.63, 3.8) is 0 Å². The minimum absolute atomic E-state index is 0.112. The van der Waals surface area contributed by atoms with Crippen LogP contribution in [0.2, 0.25) is 0 Å². The van der Waals surface area contributed by atoms with E-state index in [0.717, 1.165) is 35.9 Å². The van der Waals surface area contributed by atoms with Crippen molar-refractivity contribution in [3.05, 3.63) is 42.1 Å². The van der Waals surface area contributed by atoms with Crippen LogP contribution in [0.3, 0.4) is 0 Å². The third-order valence-electron chi connectivity index (χ3n) is 6.56. The molecule has 1 aromatic carbocycles. The van der Waals surface area contributed by atoms with E-state index in [1.165, 1.54) is 12.3 Å². The lowest BCUT2D eigenvalue weighted by Gasteiger charge is -2.28. The number of halogens is 1. The maximum Gasteiger partial charge on any atom is 0.228 e. The second-order valence-electron chi connectivity index (χ2n) is 9.85. The predicted molar refractivity (Wildman–Crippen MR) is 134 cm³/mol. The quantitative estimate of drug-likeness (QED) is 0.478. The van der Waals surface area contributed by atoms with Crippen LogP contribution in [-0.4, -0.2) is 36.7 Å². The first-order valence-corrected chi connectivity index (χ1v) is 13.8. The number of benzene rings is 1. The molecule has 1 amide bonds. The molecule has 0 radical (unpaired) electrons. The summed E-state index contributed by atoms with van der Waals surface area (Å²) >= 11 is 0. The lowest BCUT2D eigenvalue weighted by molar-refractivity contribution is -0.121. The first kappa shape index (κ1) is 24.3. The van der Waals surface area contributed by atoms with Crippen molar-refractivity contribution in [2.75, 3.05) is 17.3 Å². The summed E-state index contributed by atoms with van der Waals surface area (Å²) in [7, 11) is -2.58. The molecule has 2 N–H and O–H groups in total. The second-order valence-corrected chi connectivity index (χ2v) is 12.2. The van der Waals surface area contributed by atoms with Crippen molar-refractivity contribution in [3.8, 4) is 11.1 Å². The number of hydrogen-bond donors (Lipinski definition) is 2. The van der Waals surface area contributed by atoms with Crippen LogP contribution < -0.4 is 5.32 Å². The normalized spacial score (nSPS) is 20.4. The van der Waals surface area contributed by atoms with E-state index in [-0.39, 0.29) is 29.6 Å². The Balaban J connectivity index is 1.58. The summed E-state index contributed by atoms with van der Waals surface area (Å²) in [6.07, 6.45) is 7.99. The van der Waals surface area contributed by atoms with Crippen LogP contribution in [0.15, 0.2) is 30.7 Å². The summed E-state index contributed by atoms with van der Waals surface area (Å²) in [4.78, 5) is 21.6. The van der Waals surface area contributed by atoms with Crippen LogP contribution >= 0.6 is 0 Å². The minimum atomic E-state index is -2.58. The molecule has 1 fully saturated rings. The molecule has 9 heteroatoms. The maximum atomic E-state index is 14.9. The Labute approximate surface area is 200 Å². The molecule has 2 heterocycles. The van der Waals surface area contributed by atoms with Crippen molar-refractivity contribution in [2.45, 2.75) is 52.5 Å². The average Bonchev–Trinajstić information content (AvgIpc) is 3.19. The second kappa shape index (κ2) is 9.44. The monoisotopic (exact) mass is 485 g/mol. The number of hydrogen-bond acceptors (Lipinski definition) is 5. The number of nitrogens with one attached hydrogen (secondary N) is 2. The van der Waals surface area contributed by atoms with Gasteiger partial charge in [0.05, 0.1) is 11.8 Å². The van der Waals surface area contributed by atoms with Crippen molar-refractivity contribution in [2.24, 2.45) is 11.8 Å². The standard InChI is InChI=1S/C25H32FN5O2S/c1-15(2)31-14-29-24-21(26)9-19(10-22(24)31)20-11-23(28-12-16(20)3)30-25(32)18-7-5-6-17(8-18)13-34(4,27)33/h9-12,14-15,17-18,27H,5-8,13H2,1-4H3,(H,28,30,32)/t17-,18+,34?/m1/s1. The topological polar surface area (TPSA) is 101 Å². The van der Waals surface area contributed by atoms with Gasteiger partial charge >= 0.3 is 0 Å². The highest BCUT2D eigenvalue weighted by molar-refractivity contribution is 7.91. The van der Waals surface area contributed by atoms with E-state index in [1.807, 2.05) is 31.4 Å². The van der Waals surface area contributed by atoms with Gasteiger partial charge in [0.25, 0.3) is 0 Å². The Bertz CT molecular complexity index is 1330. The first-order chi connectivity index (χ1) is 16.0. The Morgan fingerprint density at radius 3 is 2.76 bits per heavy atom. The van der Waals surface area contributed by atoms with Crippen molar-refractivity contribution in [1.29, 1.82) is 4.78 Å². The minimum Gasteiger partial charge on any atom is -0.328 e. The molecule has 3 aromatic rings. The molecule has 2 aromatic heterocycles. The summed E-state index contributed by atoms with van der Waals surface area (Å²) < 4.78 is 36.4. The van der Waals surface area contributed by atoms with Gasteiger partial charge in [-0.05, 0) is 80.8 Å². The van der Waals surface area contributed by atoms with Gasteiger partial charge in [0, 0.05) is 39.9 Å². The number of rotatable bonds is 6. The lowest BCUT2D eigenvalue weighted by Crippen LogP contribution is -2.30. The van der Waals surface area contributed by atoms with Gasteiger partial charge in [0.2, 0.25) is 5.91 Å². The SMILES string of the molecule is Cc1cnc(NC(=O)[C@H]2CCC[C@@H](CS(C)(=N)=O)C2)cc1-c1cc(F)c2ncn(C(C)C)c2c1. The Kier molecular flexibility index (Phi) is 6.75. The van der Waals surface area contributed by atoms with Gasteiger partial charge in [-0.1, -0.05) is 6.42 Å². The molecule has 1 aliphatic rings. The highest BCUT2D eigenvalue weighted by Crippen LogP contribution is 2.33. The van der Waals surface area contributed by atoms with E-state index in [4.69, 9.17) is 4.78 Å². The number of aryl methyl sites for hydroxylation is 1. The zero-order valence-electron chi connectivity index (χ0n) is 20.1. The third kappa shape index (κ3) is 5.29. The maximum absolute atomic E-state index is 14.9. The summed E-state index contributed by atoms with van der Waals surface area (Å²) in [5, 5.41) is 2.93. The van der Waals surface area contributed by atoms with E-state index in [1.54, 1.807) is 18.6 Å². The number of fused-ring (bicyclic) bond motifs is 1. The zero-order valence-corrected chi connectivity index (χ0v) is 20.9. The molecule has 3 atom stereocenters. The largest absolute Gasteiger partial charge is 0.328 e. The lowest BCUT2D eigenvalue weighted by atomic mass is 9.82. The van der Waals surface area contributed by atoms with Gasteiger partial charge in [-0.3, -0.25) is 13.8 Å². The number of nitrogens with zero attached hydrogens (tertiary/aromatic N) is 3. The molecule has 1 aliphatic carbocycles. The fourth-order valence-corrected chi connectivity index (χ4v) is 6.12. The number of carbonyl (C=O) groups is 1. The summed E-state index contributed by atoms with van der Waals surface area (Å²) in [5.74, 6) is 0.196. The number of anilines is 1. The molecule has 0 spiro atoms. The molecule has 4 rings (SSSR count). The number of amides is 1. The number of carbonyl (C=O) groups excluding carboxylic acids is 1.